The number of carbonyl (C=O) groups is 2. The smallest absolute Gasteiger partial charge is 0.102 e. The molecule has 0 atom stereocenters. The molecule has 0 amide bonds. The minimum Gasteiger partial charge on any atom is -0.545 e. The van der Waals surface area contributed by atoms with Gasteiger partial charge in [0.2, 0.25) is 0 Å². The number of aromatic carboxylic acids is 2. The molecular formula is C30H56N2O6. The van der Waals surface area contributed by atoms with Crippen LogP contribution in [0.5, 0.6) is 0 Å². The van der Waals surface area contributed by atoms with E-state index in [0.717, 1.165) is 28.1 Å². The van der Waals surface area contributed by atoms with Crippen molar-refractivity contribution in [3.05, 3.63) is 35.4 Å². The van der Waals surface area contributed by atoms with Crippen LogP contribution in [0, 0.1) is 0 Å². The minimum absolute atomic E-state index is 0.170. The Bertz CT molecular complexity index is 625. The summed E-state index contributed by atoms with van der Waals surface area (Å²) in [5.41, 5.74) is -0.339. The molecule has 1 rings (SSSR count). The van der Waals surface area contributed by atoms with Crippen molar-refractivity contribution in [2.45, 2.75) is 80.1 Å². The Balaban J connectivity index is 0. The van der Waals surface area contributed by atoms with E-state index in [0.29, 0.717) is 13.2 Å². The van der Waals surface area contributed by atoms with Gasteiger partial charge in [0.1, 0.15) is 13.1 Å². The lowest BCUT2D eigenvalue weighted by Gasteiger charge is -2.38. The van der Waals surface area contributed by atoms with Crippen LogP contribution in [0.3, 0.4) is 0 Å². The van der Waals surface area contributed by atoms with E-state index in [9.17, 15) is 19.8 Å². The summed E-state index contributed by atoms with van der Waals surface area (Å²) in [6.45, 7) is 23.3. The van der Waals surface area contributed by atoms with Gasteiger partial charge < -0.3 is 39.0 Å². The molecule has 0 aliphatic rings. The maximum absolute atomic E-state index is 10.3. The summed E-state index contributed by atoms with van der Waals surface area (Å²) in [7, 11) is 0. The number of carbonyl (C=O) groups excluding carboxylic acids is 2. The number of benzene rings is 1. The second-order valence-electron chi connectivity index (χ2n) is 10.1. The summed E-state index contributed by atoms with van der Waals surface area (Å²) < 4.78 is 2.25. The maximum Gasteiger partial charge on any atom is 0.102 e. The van der Waals surface area contributed by atoms with Gasteiger partial charge >= 0.3 is 0 Å². The van der Waals surface area contributed by atoms with Crippen molar-refractivity contribution in [1.29, 1.82) is 0 Å². The zero-order valence-corrected chi connectivity index (χ0v) is 25.0. The molecule has 1 aromatic carbocycles. The first-order valence-electron chi connectivity index (χ1n) is 14.5. The first-order valence-corrected chi connectivity index (χ1v) is 14.5. The van der Waals surface area contributed by atoms with E-state index in [-0.39, 0.29) is 11.1 Å². The molecule has 0 spiro atoms. The van der Waals surface area contributed by atoms with Crippen LogP contribution in [0.2, 0.25) is 0 Å². The third kappa shape index (κ3) is 16.1. The highest BCUT2D eigenvalue weighted by molar-refractivity contribution is 5.91. The summed E-state index contributed by atoms with van der Waals surface area (Å²) in [6.07, 6.45) is 7.33. The molecule has 1 aromatic rings. The number of aliphatic hydroxyl groups excluding tert-OH is 2. The van der Waals surface area contributed by atoms with Crippen molar-refractivity contribution in [1.82, 2.24) is 0 Å². The normalized spacial score (nSPS) is 11.2. The lowest BCUT2D eigenvalue weighted by molar-refractivity contribution is -0.928. The van der Waals surface area contributed by atoms with E-state index in [1.54, 1.807) is 0 Å². The van der Waals surface area contributed by atoms with Gasteiger partial charge in [0.05, 0.1) is 64.4 Å². The molecule has 0 saturated carbocycles. The van der Waals surface area contributed by atoms with Gasteiger partial charge in [0.15, 0.2) is 0 Å². The quantitative estimate of drug-likeness (QED) is 0.276. The van der Waals surface area contributed by atoms with Crippen LogP contribution in [-0.2, 0) is 0 Å². The van der Waals surface area contributed by atoms with Crippen LogP contribution in [0.25, 0.3) is 0 Å². The number of carboxylic acids is 2. The third-order valence-electron chi connectivity index (χ3n) is 6.67. The molecule has 8 heteroatoms. The summed E-state index contributed by atoms with van der Waals surface area (Å²) >= 11 is 0. The fourth-order valence-electron chi connectivity index (χ4n) is 5.39. The summed E-state index contributed by atoms with van der Waals surface area (Å²) in [5.74, 6) is -2.81. The van der Waals surface area contributed by atoms with Crippen molar-refractivity contribution in [2.24, 2.45) is 0 Å². The van der Waals surface area contributed by atoms with Crippen LogP contribution in [0.1, 0.15) is 101 Å². The van der Waals surface area contributed by atoms with E-state index < -0.39 is 11.9 Å². The van der Waals surface area contributed by atoms with Gasteiger partial charge in [0, 0.05) is 0 Å². The van der Waals surface area contributed by atoms with Gasteiger partial charge in [0.25, 0.3) is 0 Å². The highest BCUT2D eigenvalue weighted by atomic mass is 16.4. The molecule has 0 aromatic heterocycles. The molecule has 0 radical (unpaired) electrons. The Morgan fingerprint density at radius 3 is 1.03 bits per heavy atom. The van der Waals surface area contributed by atoms with Crippen molar-refractivity contribution >= 4 is 11.9 Å². The predicted octanol–water partition coefficient (Wildman–Crippen LogP) is 2.46. The molecular weight excluding hydrogens is 484 g/mol. The largest absolute Gasteiger partial charge is 0.545 e. The van der Waals surface area contributed by atoms with Crippen molar-refractivity contribution in [3.63, 3.8) is 0 Å². The summed E-state index contributed by atoms with van der Waals surface area (Å²) in [5, 5.41) is 38.6. The lowest BCUT2D eigenvalue weighted by atomic mass is 10.1. The topological polar surface area (TPSA) is 121 Å². The highest BCUT2D eigenvalue weighted by Crippen LogP contribution is 2.12. The Kier molecular flexibility index (Phi) is 23.0. The van der Waals surface area contributed by atoms with Crippen molar-refractivity contribution in [3.8, 4) is 0 Å². The van der Waals surface area contributed by atoms with E-state index in [1.165, 1.54) is 96.0 Å². The Morgan fingerprint density at radius 1 is 0.579 bits per heavy atom. The Labute approximate surface area is 232 Å². The monoisotopic (exact) mass is 540 g/mol. The van der Waals surface area contributed by atoms with Crippen LogP contribution >= 0.6 is 0 Å². The van der Waals surface area contributed by atoms with Gasteiger partial charge in [-0.3, -0.25) is 0 Å². The number of nitrogens with zero attached hydrogens (tertiary/aromatic N) is 2. The summed E-state index contributed by atoms with van der Waals surface area (Å²) in [6, 6.07) is 4.81. The highest BCUT2D eigenvalue weighted by Gasteiger charge is 2.24. The zero-order chi connectivity index (χ0) is 29.5. The minimum atomic E-state index is -1.40. The second-order valence-corrected chi connectivity index (χ2v) is 10.1. The molecule has 8 nitrogen and oxygen atoms in total. The van der Waals surface area contributed by atoms with Crippen LogP contribution < -0.4 is 10.2 Å². The van der Waals surface area contributed by atoms with Crippen LogP contribution in [-0.4, -0.2) is 96.7 Å². The van der Waals surface area contributed by atoms with Crippen molar-refractivity contribution in [2.75, 3.05) is 65.6 Å². The van der Waals surface area contributed by atoms with Gasteiger partial charge in [-0.25, -0.2) is 0 Å². The molecule has 222 valence electrons. The van der Waals surface area contributed by atoms with Crippen LogP contribution in [0.4, 0.5) is 0 Å². The summed E-state index contributed by atoms with van der Waals surface area (Å²) in [4.78, 5) is 20.5. The molecule has 0 saturated heterocycles. The van der Waals surface area contributed by atoms with Gasteiger partial charge in [-0.05, 0) is 55.7 Å². The average molecular weight is 541 g/mol. The zero-order valence-electron chi connectivity index (χ0n) is 25.0. The van der Waals surface area contributed by atoms with E-state index in [1.807, 2.05) is 0 Å². The number of rotatable bonds is 18. The Hall–Kier alpha value is -2.00. The maximum atomic E-state index is 10.3. The van der Waals surface area contributed by atoms with E-state index in [4.69, 9.17) is 10.2 Å². The molecule has 0 unspecified atom stereocenters. The molecule has 0 fully saturated rings. The predicted molar refractivity (Wildman–Crippen MR) is 150 cm³/mol. The molecule has 0 heterocycles. The van der Waals surface area contributed by atoms with Crippen molar-refractivity contribution < 1.29 is 39.0 Å². The third-order valence-corrected chi connectivity index (χ3v) is 6.67. The SMILES string of the molecule is CCC[N+](CCC)(CCC)CCO.CCC[N+](CCC)(CCC)CCO.O=C([O-])c1cccc(C(=O)[O-])c1. The number of hydrogen-bond donors (Lipinski definition) is 2. The lowest BCUT2D eigenvalue weighted by Crippen LogP contribution is -2.51. The number of aliphatic hydroxyl groups is 2. The van der Waals surface area contributed by atoms with Gasteiger partial charge in [-0.15, -0.1) is 0 Å². The molecule has 0 bridgehead atoms. The molecule has 38 heavy (non-hydrogen) atoms. The van der Waals surface area contributed by atoms with E-state index in [2.05, 4.69) is 41.5 Å². The van der Waals surface area contributed by atoms with E-state index >= 15 is 0 Å². The Morgan fingerprint density at radius 2 is 0.842 bits per heavy atom. The van der Waals surface area contributed by atoms with Gasteiger partial charge in [-0.1, -0.05) is 59.7 Å². The number of quaternary nitrogens is 2. The van der Waals surface area contributed by atoms with Gasteiger partial charge in [-0.2, -0.15) is 0 Å². The second kappa shape index (κ2) is 22.9. The fraction of sp³-hybridized carbons (Fsp3) is 0.733. The first-order chi connectivity index (χ1) is 18.1. The molecule has 2 N–H and O–H groups in total. The first kappa shape index (κ1) is 38.1. The molecule has 0 aliphatic heterocycles. The number of hydrogen-bond acceptors (Lipinski definition) is 6. The number of carboxylic acid groups (broad SMARTS) is 2. The molecule has 0 aliphatic carbocycles. The average Bonchev–Trinajstić information content (AvgIpc) is 2.86. The van der Waals surface area contributed by atoms with Crippen LogP contribution in [0.15, 0.2) is 24.3 Å². The standard InChI is InChI=1S/2C11H26NO.C8H6O4/c2*1-4-7-12(8-5-2,9-6-3)10-11-13;9-7(10)5-2-1-3-6(4-5)8(11)12/h2*13H,4-11H2,1-3H3;1-4H,(H,9,10)(H,11,12)/q2*+1;/p-2. The fourth-order valence-corrected chi connectivity index (χ4v) is 5.39.